The van der Waals surface area contributed by atoms with Gasteiger partial charge in [-0.15, -0.1) is 0 Å². The number of sulfonamides is 1. The maximum absolute atomic E-state index is 13.2. The van der Waals surface area contributed by atoms with E-state index in [9.17, 15) is 8.42 Å². The Hall–Kier alpha value is -2.67. The lowest BCUT2D eigenvalue weighted by atomic mass is 10.1. The molecule has 2 unspecified atom stereocenters. The number of rotatable bonds is 7. The molecule has 10 nitrogen and oxygen atoms in total. The second kappa shape index (κ2) is 9.02. The van der Waals surface area contributed by atoms with E-state index < -0.39 is 14.6 Å². The largest absolute Gasteiger partial charge is 0.332 e. The highest BCUT2D eigenvalue weighted by molar-refractivity contribution is 8.15. The lowest BCUT2D eigenvalue weighted by Crippen LogP contribution is -2.37. The van der Waals surface area contributed by atoms with Crippen LogP contribution in [-0.2, 0) is 17.1 Å². The third-order valence-corrected chi connectivity index (χ3v) is 11.2. The van der Waals surface area contributed by atoms with E-state index in [1.54, 1.807) is 16.0 Å². The summed E-state index contributed by atoms with van der Waals surface area (Å²) in [7, 11) is 0.184. The molecule has 0 saturated heterocycles. The highest BCUT2D eigenvalue weighted by Crippen LogP contribution is 2.43. The van der Waals surface area contributed by atoms with Gasteiger partial charge in [0.25, 0.3) is 0 Å². The number of nitrogens with zero attached hydrogens (tertiary/aromatic N) is 6. The summed E-state index contributed by atoms with van der Waals surface area (Å²) in [6, 6.07) is 0.144. The van der Waals surface area contributed by atoms with Crippen LogP contribution >= 0.6 is 11.8 Å². The van der Waals surface area contributed by atoms with E-state index in [1.165, 1.54) is 11.8 Å². The fourth-order valence-electron chi connectivity index (χ4n) is 4.75. The first-order valence-electron chi connectivity index (χ1n) is 12.2. The molecule has 0 bridgehead atoms. The second-order valence-electron chi connectivity index (χ2n) is 9.70. The van der Waals surface area contributed by atoms with E-state index in [0.717, 1.165) is 59.9 Å². The first kappa shape index (κ1) is 23.7. The van der Waals surface area contributed by atoms with Crippen LogP contribution in [0.4, 0.5) is 5.82 Å². The van der Waals surface area contributed by atoms with Crippen LogP contribution in [0, 0.1) is 5.92 Å². The second-order valence-corrected chi connectivity index (χ2v) is 13.3. The summed E-state index contributed by atoms with van der Waals surface area (Å²) >= 11 is 1.35. The van der Waals surface area contributed by atoms with Crippen LogP contribution in [0.25, 0.3) is 22.5 Å². The topological polar surface area (TPSA) is 109 Å². The molecule has 2 N–H and O–H groups in total. The first-order chi connectivity index (χ1) is 17.3. The Bertz CT molecular complexity index is 1480. The molecule has 0 spiro atoms. The molecule has 2 atom stereocenters. The van der Waals surface area contributed by atoms with Crippen LogP contribution < -0.4 is 10.6 Å². The number of fused-ring (bicyclic) bond motifs is 1. The van der Waals surface area contributed by atoms with Gasteiger partial charge in [0.05, 0.1) is 28.8 Å². The minimum atomic E-state index is -3.41. The minimum absolute atomic E-state index is 0.126. The first-order valence-corrected chi connectivity index (χ1v) is 14.6. The number of nitrogens with one attached hydrogen (secondary N) is 2. The molecular weight excluding hydrogens is 496 g/mol. The number of allylic oxidation sites excluding steroid dienone is 1. The molecule has 3 aromatic rings. The van der Waals surface area contributed by atoms with Crippen molar-refractivity contribution in [2.24, 2.45) is 13.0 Å². The van der Waals surface area contributed by atoms with Crippen molar-refractivity contribution < 1.29 is 8.42 Å². The van der Waals surface area contributed by atoms with Crippen LogP contribution in [0.3, 0.4) is 0 Å². The van der Waals surface area contributed by atoms with Crippen molar-refractivity contribution in [1.82, 2.24) is 33.8 Å². The smallest absolute Gasteiger partial charge is 0.227 e. The van der Waals surface area contributed by atoms with Gasteiger partial charge in [0.1, 0.15) is 4.58 Å². The van der Waals surface area contributed by atoms with Crippen molar-refractivity contribution in [3.05, 3.63) is 47.7 Å². The number of thioether (sulfide) groups is 1. The summed E-state index contributed by atoms with van der Waals surface area (Å²) in [5.74, 6) is 0.479. The molecule has 3 aliphatic rings. The van der Waals surface area contributed by atoms with E-state index in [1.807, 2.05) is 49.2 Å². The number of hydrogen-bond donors (Lipinski definition) is 2. The number of imidazole rings is 1. The van der Waals surface area contributed by atoms with E-state index in [2.05, 4.69) is 26.8 Å². The van der Waals surface area contributed by atoms with Crippen LogP contribution in [0.15, 0.2) is 42.0 Å². The third kappa shape index (κ3) is 4.25. The molecule has 0 radical (unpaired) electrons. The molecule has 190 valence electrons. The quantitative estimate of drug-likeness (QED) is 0.484. The SMILES string of the molecule is CC1C=C(Nc2nc(C3=CCCNC3)cn3c(-c4cnn(C)c4)cnc23)SC1S(=O)(=O)N(C)C1CC1. The normalized spacial score (nSPS) is 22.8. The highest BCUT2D eigenvalue weighted by atomic mass is 32.3. The number of aromatic nitrogens is 5. The average molecular weight is 527 g/mol. The maximum atomic E-state index is 13.2. The maximum Gasteiger partial charge on any atom is 0.227 e. The lowest BCUT2D eigenvalue weighted by Gasteiger charge is -2.23. The van der Waals surface area contributed by atoms with Crippen LogP contribution in [0.1, 0.15) is 31.9 Å². The van der Waals surface area contributed by atoms with Gasteiger partial charge >= 0.3 is 0 Å². The summed E-state index contributed by atoms with van der Waals surface area (Å²) in [5, 5.41) is 11.9. The van der Waals surface area contributed by atoms with Gasteiger partial charge in [-0.05, 0) is 37.5 Å². The van der Waals surface area contributed by atoms with E-state index in [4.69, 9.17) is 4.98 Å². The van der Waals surface area contributed by atoms with Gasteiger partial charge in [-0.25, -0.2) is 22.7 Å². The van der Waals surface area contributed by atoms with Crippen molar-refractivity contribution >= 4 is 38.8 Å². The molecule has 5 heterocycles. The average Bonchev–Trinajstić information content (AvgIpc) is 3.30. The van der Waals surface area contributed by atoms with Gasteiger partial charge in [-0.2, -0.15) is 5.10 Å². The van der Waals surface area contributed by atoms with Gasteiger partial charge in [-0.3, -0.25) is 9.08 Å². The van der Waals surface area contributed by atoms with Crippen LogP contribution in [0.2, 0.25) is 0 Å². The Morgan fingerprint density at radius 2 is 2.08 bits per heavy atom. The van der Waals surface area contributed by atoms with Gasteiger partial charge in [0.2, 0.25) is 10.0 Å². The summed E-state index contributed by atoms with van der Waals surface area (Å²) in [6.07, 6.45) is 14.7. The van der Waals surface area contributed by atoms with E-state index in [0.29, 0.717) is 11.5 Å². The van der Waals surface area contributed by atoms with Gasteiger partial charge in [0.15, 0.2) is 11.5 Å². The predicted molar refractivity (Wildman–Crippen MR) is 143 cm³/mol. The van der Waals surface area contributed by atoms with Crippen molar-refractivity contribution in [3.8, 4) is 11.3 Å². The van der Waals surface area contributed by atoms with Crippen molar-refractivity contribution in [3.63, 3.8) is 0 Å². The van der Waals surface area contributed by atoms with Gasteiger partial charge in [0, 0.05) is 50.6 Å². The fourth-order valence-corrected chi connectivity index (χ4v) is 8.52. The predicted octanol–water partition coefficient (Wildman–Crippen LogP) is 2.89. The number of aryl methyl sites for hydroxylation is 1. The third-order valence-electron chi connectivity index (χ3n) is 6.93. The molecule has 1 fully saturated rings. The molecule has 1 aliphatic carbocycles. The molecule has 3 aromatic heterocycles. The molecule has 0 aromatic carbocycles. The Balaban J connectivity index is 1.36. The molecule has 6 rings (SSSR count). The van der Waals surface area contributed by atoms with Gasteiger partial charge in [-0.1, -0.05) is 24.8 Å². The Kier molecular flexibility index (Phi) is 5.94. The Morgan fingerprint density at radius 3 is 2.78 bits per heavy atom. The number of anilines is 1. The van der Waals surface area contributed by atoms with Crippen molar-refractivity contribution in [2.75, 3.05) is 25.5 Å². The Labute approximate surface area is 214 Å². The molecule has 0 amide bonds. The highest BCUT2D eigenvalue weighted by Gasteiger charge is 2.43. The summed E-state index contributed by atoms with van der Waals surface area (Å²) in [4.78, 5) is 9.63. The summed E-state index contributed by atoms with van der Waals surface area (Å²) in [5.41, 5.74) is 4.54. The zero-order valence-electron chi connectivity index (χ0n) is 20.5. The number of hydrogen-bond acceptors (Lipinski definition) is 8. The molecule has 12 heteroatoms. The molecule has 2 aliphatic heterocycles. The van der Waals surface area contributed by atoms with E-state index in [-0.39, 0.29) is 12.0 Å². The fraction of sp³-hybridized carbons (Fsp3) is 0.458. The monoisotopic (exact) mass is 526 g/mol. The van der Waals surface area contributed by atoms with Crippen LogP contribution in [0.5, 0.6) is 0 Å². The lowest BCUT2D eigenvalue weighted by molar-refractivity contribution is 0.457. The summed E-state index contributed by atoms with van der Waals surface area (Å²) in [6.45, 7) is 3.66. The molecular formula is C24H30N8O2S2. The standard InChI is InChI=1S/C24H30N8O2S2/c1-15-9-21(35-24(15)36(33,34)31(3)18-6-7-18)29-22-23-26-12-20(17-11-27-30(2)13-17)32(23)14-19(28-22)16-5-4-8-25-10-16/h5,9,11-15,18,24-25H,4,6-8,10H2,1-3H3,(H,28,29). The van der Waals surface area contributed by atoms with Crippen molar-refractivity contribution in [2.45, 2.75) is 36.8 Å². The Morgan fingerprint density at radius 1 is 1.25 bits per heavy atom. The molecule has 1 saturated carbocycles. The van der Waals surface area contributed by atoms with E-state index >= 15 is 0 Å². The summed E-state index contributed by atoms with van der Waals surface area (Å²) < 4.78 is 31.3. The zero-order valence-corrected chi connectivity index (χ0v) is 22.2. The van der Waals surface area contributed by atoms with Gasteiger partial charge < -0.3 is 10.6 Å². The van der Waals surface area contributed by atoms with Crippen molar-refractivity contribution in [1.29, 1.82) is 0 Å². The zero-order chi connectivity index (χ0) is 25.0. The van der Waals surface area contributed by atoms with Crippen LogP contribution in [-0.4, -0.2) is 67.6 Å². The minimum Gasteiger partial charge on any atom is -0.332 e. The molecule has 36 heavy (non-hydrogen) atoms.